The predicted octanol–water partition coefficient (Wildman–Crippen LogP) is 2.37. The summed E-state index contributed by atoms with van der Waals surface area (Å²) in [4.78, 5) is 2.49. The van der Waals surface area contributed by atoms with Crippen LogP contribution in [0.3, 0.4) is 0 Å². The highest BCUT2D eigenvalue weighted by Crippen LogP contribution is 2.12. The molecule has 0 fully saturated rings. The first-order valence-electron chi connectivity index (χ1n) is 7.14. The normalized spacial score (nSPS) is 15.2. The largest absolute Gasteiger partial charge is 0.385 e. The second kappa shape index (κ2) is 11.0. The van der Waals surface area contributed by atoms with Crippen LogP contribution in [0.1, 0.15) is 40.5 Å². The average Bonchev–Trinajstić information content (AvgIpc) is 2.35. The fourth-order valence-electron chi connectivity index (χ4n) is 2.22. The Morgan fingerprint density at radius 3 is 2.24 bits per heavy atom. The van der Waals surface area contributed by atoms with Crippen LogP contribution in [0.5, 0.6) is 0 Å². The number of nitrogens with zero attached hydrogens (tertiary/aromatic N) is 1. The molecule has 104 valence electrons. The number of methoxy groups -OCH3 is 1. The summed E-state index contributed by atoms with van der Waals surface area (Å²) in [5.74, 6) is 0.686. The summed E-state index contributed by atoms with van der Waals surface area (Å²) in [7, 11) is 1.78. The van der Waals surface area contributed by atoms with Gasteiger partial charge in [0.05, 0.1) is 0 Å². The zero-order chi connectivity index (χ0) is 13.1. The minimum atomic E-state index is 0.621. The van der Waals surface area contributed by atoms with Crippen molar-refractivity contribution < 1.29 is 4.74 Å². The number of hydrogen-bond donors (Lipinski definition) is 1. The minimum absolute atomic E-state index is 0.621. The van der Waals surface area contributed by atoms with Gasteiger partial charge in [0, 0.05) is 19.8 Å². The van der Waals surface area contributed by atoms with Crippen LogP contribution in [-0.2, 0) is 4.74 Å². The molecule has 0 aromatic carbocycles. The van der Waals surface area contributed by atoms with E-state index >= 15 is 0 Å². The second-order valence-electron chi connectivity index (χ2n) is 4.74. The van der Waals surface area contributed by atoms with Crippen molar-refractivity contribution >= 4 is 0 Å². The summed E-state index contributed by atoms with van der Waals surface area (Å²) in [6.45, 7) is 14.4. The van der Waals surface area contributed by atoms with Crippen LogP contribution in [-0.4, -0.2) is 50.8 Å². The molecule has 0 aliphatic rings. The van der Waals surface area contributed by atoms with Crippen LogP contribution >= 0.6 is 0 Å². The first kappa shape index (κ1) is 16.9. The summed E-state index contributed by atoms with van der Waals surface area (Å²) >= 11 is 0. The van der Waals surface area contributed by atoms with E-state index < -0.39 is 0 Å². The first-order valence-corrected chi connectivity index (χ1v) is 7.14. The zero-order valence-corrected chi connectivity index (χ0v) is 12.5. The summed E-state index contributed by atoms with van der Waals surface area (Å²) in [5, 5.41) is 3.61. The molecular formula is C14H32N2O. The van der Waals surface area contributed by atoms with Crippen molar-refractivity contribution in [1.29, 1.82) is 0 Å². The number of rotatable bonds is 11. The van der Waals surface area contributed by atoms with Crippen molar-refractivity contribution in [3.8, 4) is 0 Å². The van der Waals surface area contributed by atoms with Gasteiger partial charge >= 0.3 is 0 Å². The quantitative estimate of drug-likeness (QED) is 0.604. The maximum Gasteiger partial charge on any atom is 0.0465 e. The summed E-state index contributed by atoms with van der Waals surface area (Å²) in [6, 6.07) is 0.621. The highest BCUT2D eigenvalue weighted by Gasteiger charge is 2.16. The van der Waals surface area contributed by atoms with Crippen LogP contribution in [0, 0.1) is 5.92 Å². The van der Waals surface area contributed by atoms with E-state index in [-0.39, 0.29) is 0 Å². The molecule has 0 aromatic rings. The van der Waals surface area contributed by atoms with Crippen LogP contribution in [0.25, 0.3) is 0 Å². The molecule has 3 heteroatoms. The van der Waals surface area contributed by atoms with Crippen molar-refractivity contribution in [2.45, 2.75) is 46.6 Å². The summed E-state index contributed by atoms with van der Waals surface area (Å²) in [5.41, 5.74) is 0. The molecule has 2 atom stereocenters. The van der Waals surface area contributed by atoms with Crippen LogP contribution in [0.15, 0.2) is 0 Å². The van der Waals surface area contributed by atoms with Crippen LogP contribution in [0.4, 0.5) is 0 Å². The van der Waals surface area contributed by atoms with Gasteiger partial charge in [0.2, 0.25) is 0 Å². The maximum atomic E-state index is 5.17. The molecule has 0 bridgehead atoms. The van der Waals surface area contributed by atoms with Crippen molar-refractivity contribution in [1.82, 2.24) is 10.2 Å². The van der Waals surface area contributed by atoms with Gasteiger partial charge in [-0.05, 0) is 44.9 Å². The first-order chi connectivity index (χ1) is 8.19. The third kappa shape index (κ3) is 7.74. The van der Waals surface area contributed by atoms with Crippen molar-refractivity contribution in [3.63, 3.8) is 0 Å². The smallest absolute Gasteiger partial charge is 0.0465 e. The zero-order valence-electron chi connectivity index (χ0n) is 12.5. The summed E-state index contributed by atoms with van der Waals surface area (Å²) < 4.78 is 5.17. The molecule has 0 saturated heterocycles. The average molecular weight is 244 g/mol. The van der Waals surface area contributed by atoms with Gasteiger partial charge in [0.1, 0.15) is 0 Å². The van der Waals surface area contributed by atoms with Gasteiger partial charge in [-0.3, -0.25) is 0 Å². The molecule has 0 spiro atoms. The monoisotopic (exact) mass is 244 g/mol. The van der Waals surface area contributed by atoms with E-state index in [1.54, 1.807) is 7.11 Å². The molecule has 17 heavy (non-hydrogen) atoms. The minimum Gasteiger partial charge on any atom is -0.385 e. The maximum absolute atomic E-state index is 5.17. The van der Waals surface area contributed by atoms with Gasteiger partial charge in [-0.15, -0.1) is 0 Å². The molecule has 0 rings (SSSR count). The molecule has 0 heterocycles. The fourth-order valence-corrected chi connectivity index (χ4v) is 2.22. The Kier molecular flexibility index (Phi) is 10.9. The van der Waals surface area contributed by atoms with E-state index in [0.29, 0.717) is 12.0 Å². The molecule has 0 saturated carbocycles. The lowest BCUT2D eigenvalue weighted by atomic mass is 9.95. The van der Waals surface area contributed by atoms with E-state index in [1.165, 1.54) is 13.0 Å². The summed E-state index contributed by atoms with van der Waals surface area (Å²) in [6.07, 6.45) is 2.38. The fraction of sp³-hybridized carbons (Fsp3) is 1.00. The Morgan fingerprint density at radius 1 is 1.12 bits per heavy atom. The number of nitrogens with one attached hydrogen (secondary N) is 1. The Labute approximate surface area is 108 Å². The Balaban J connectivity index is 4.03. The van der Waals surface area contributed by atoms with Gasteiger partial charge in [0.25, 0.3) is 0 Å². The van der Waals surface area contributed by atoms with E-state index in [2.05, 4.69) is 37.9 Å². The van der Waals surface area contributed by atoms with E-state index in [4.69, 9.17) is 4.74 Å². The Hall–Kier alpha value is -0.120. The lowest BCUT2D eigenvalue weighted by Gasteiger charge is -2.27. The predicted molar refractivity (Wildman–Crippen MR) is 75.5 cm³/mol. The van der Waals surface area contributed by atoms with E-state index in [9.17, 15) is 0 Å². The van der Waals surface area contributed by atoms with E-state index in [0.717, 1.165) is 32.7 Å². The highest BCUT2D eigenvalue weighted by molar-refractivity contribution is 4.74. The van der Waals surface area contributed by atoms with Crippen LogP contribution in [0.2, 0.25) is 0 Å². The molecule has 0 aliphatic heterocycles. The second-order valence-corrected chi connectivity index (χ2v) is 4.74. The number of hydrogen-bond acceptors (Lipinski definition) is 3. The topological polar surface area (TPSA) is 24.5 Å². The van der Waals surface area contributed by atoms with Crippen molar-refractivity contribution in [3.05, 3.63) is 0 Å². The molecule has 3 nitrogen and oxygen atoms in total. The highest BCUT2D eigenvalue weighted by atomic mass is 16.5. The lowest BCUT2D eigenvalue weighted by molar-refractivity contribution is 0.165. The van der Waals surface area contributed by atoms with Gasteiger partial charge in [-0.2, -0.15) is 0 Å². The molecule has 1 N–H and O–H groups in total. The standard InChI is InChI=1S/C14H32N2O/c1-6-15-14(13(4)10-12-17-5)9-11-16(7-2)8-3/h13-15H,6-12H2,1-5H3. The van der Waals surface area contributed by atoms with Gasteiger partial charge in [0.15, 0.2) is 0 Å². The lowest BCUT2D eigenvalue weighted by Crippen LogP contribution is -2.39. The molecule has 2 unspecified atom stereocenters. The Bertz CT molecular complexity index is 160. The molecule has 0 aliphatic carbocycles. The van der Waals surface area contributed by atoms with Crippen molar-refractivity contribution in [2.24, 2.45) is 5.92 Å². The SMILES string of the molecule is CCNC(CCN(CC)CC)C(C)CCOC. The van der Waals surface area contributed by atoms with Crippen molar-refractivity contribution in [2.75, 3.05) is 39.9 Å². The molecule has 0 radical (unpaired) electrons. The molecule has 0 aromatic heterocycles. The number of ether oxygens (including phenoxy) is 1. The van der Waals surface area contributed by atoms with Gasteiger partial charge < -0.3 is 15.0 Å². The Morgan fingerprint density at radius 2 is 1.76 bits per heavy atom. The molecule has 0 amide bonds. The third-order valence-corrected chi connectivity index (χ3v) is 3.58. The van der Waals surface area contributed by atoms with E-state index in [1.807, 2.05) is 0 Å². The third-order valence-electron chi connectivity index (χ3n) is 3.58. The van der Waals surface area contributed by atoms with Crippen LogP contribution < -0.4 is 5.32 Å². The van der Waals surface area contributed by atoms with Gasteiger partial charge in [-0.25, -0.2) is 0 Å². The van der Waals surface area contributed by atoms with Gasteiger partial charge in [-0.1, -0.05) is 27.7 Å². The molecular weight excluding hydrogens is 212 g/mol.